The molecular formula is C25H19N2O. The van der Waals surface area contributed by atoms with Crippen molar-refractivity contribution >= 4 is 38.5 Å². The molecular weight excluding hydrogens is 344 g/mol. The first kappa shape index (κ1) is 16.6. The van der Waals surface area contributed by atoms with E-state index >= 15 is 0 Å². The van der Waals surface area contributed by atoms with Crippen molar-refractivity contribution in [2.75, 3.05) is 0 Å². The Labute approximate surface area is 163 Å². The van der Waals surface area contributed by atoms with E-state index in [4.69, 9.17) is 5.73 Å². The third-order valence-electron chi connectivity index (χ3n) is 5.36. The minimum atomic E-state index is -0.413. The van der Waals surface area contributed by atoms with Gasteiger partial charge in [-0.3, -0.25) is 4.79 Å². The van der Waals surface area contributed by atoms with E-state index in [9.17, 15) is 4.79 Å². The van der Waals surface area contributed by atoms with Crippen molar-refractivity contribution in [3.8, 4) is 0 Å². The molecule has 0 aliphatic rings. The maximum atomic E-state index is 12.0. The van der Waals surface area contributed by atoms with Crippen molar-refractivity contribution in [1.29, 1.82) is 0 Å². The van der Waals surface area contributed by atoms with Crippen LogP contribution < -0.4 is 5.73 Å². The van der Waals surface area contributed by atoms with Gasteiger partial charge in [0.1, 0.15) is 0 Å². The van der Waals surface area contributed by atoms with E-state index in [1.807, 2.05) is 18.2 Å². The van der Waals surface area contributed by atoms with Crippen LogP contribution >= 0.6 is 0 Å². The number of benzene rings is 4. The molecule has 3 nitrogen and oxygen atoms in total. The van der Waals surface area contributed by atoms with Gasteiger partial charge in [0.25, 0.3) is 0 Å². The smallest absolute Gasteiger partial charge is 0.249 e. The summed E-state index contributed by atoms with van der Waals surface area (Å²) in [6, 6.07) is 28.1. The fourth-order valence-electron chi connectivity index (χ4n) is 4.06. The molecule has 135 valence electrons. The zero-order valence-corrected chi connectivity index (χ0v) is 15.6. The van der Waals surface area contributed by atoms with Crippen molar-refractivity contribution in [2.45, 2.75) is 13.5 Å². The summed E-state index contributed by atoms with van der Waals surface area (Å²) >= 11 is 0. The first-order valence-corrected chi connectivity index (χ1v) is 9.32. The Morgan fingerprint density at radius 3 is 2.61 bits per heavy atom. The SMILES string of the molecule is Cc1c[c]c2c3c(C(N)=O)cccc3n(Cc3ccc4ccccc4c3)c2c1. The number of primary amides is 1. The summed E-state index contributed by atoms with van der Waals surface area (Å²) in [4.78, 5) is 12.0. The van der Waals surface area contributed by atoms with Gasteiger partial charge in [0, 0.05) is 22.9 Å². The third-order valence-corrected chi connectivity index (χ3v) is 5.36. The highest BCUT2D eigenvalue weighted by Crippen LogP contribution is 2.33. The lowest BCUT2D eigenvalue weighted by Gasteiger charge is -2.10. The lowest BCUT2D eigenvalue weighted by molar-refractivity contribution is 0.100. The van der Waals surface area contributed by atoms with E-state index in [-0.39, 0.29) is 0 Å². The second kappa shape index (κ2) is 6.24. The van der Waals surface area contributed by atoms with Gasteiger partial charge in [-0.1, -0.05) is 48.5 Å². The van der Waals surface area contributed by atoms with Crippen LogP contribution in [0.3, 0.4) is 0 Å². The molecule has 1 aromatic heterocycles. The van der Waals surface area contributed by atoms with Crippen LogP contribution in [0.4, 0.5) is 0 Å². The van der Waals surface area contributed by atoms with Crippen LogP contribution in [-0.2, 0) is 6.54 Å². The summed E-state index contributed by atoms with van der Waals surface area (Å²) in [7, 11) is 0. The monoisotopic (exact) mass is 363 g/mol. The summed E-state index contributed by atoms with van der Waals surface area (Å²) in [5.41, 5.74) is 10.6. The van der Waals surface area contributed by atoms with Crippen molar-refractivity contribution in [1.82, 2.24) is 4.57 Å². The second-order valence-corrected chi connectivity index (χ2v) is 7.27. The fourth-order valence-corrected chi connectivity index (χ4v) is 4.06. The van der Waals surface area contributed by atoms with Gasteiger partial charge in [0.05, 0.1) is 11.0 Å². The number of amides is 1. The summed E-state index contributed by atoms with van der Waals surface area (Å²) in [5.74, 6) is -0.413. The molecule has 0 unspecified atom stereocenters. The van der Waals surface area contributed by atoms with Crippen molar-refractivity contribution in [3.05, 3.63) is 95.6 Å². The molecule has 2 N–H and O–H groups in total. The minimum absolute atomic E-state index is 0.413. The fraction of sp³-hybridized carbons (Fsp3) is 0.0800. The molecule has 0 spiro atoms. The maximum absolute atomic E-state index is 12.0. The molecule has 5 rings (SSSR count). The van der Waals surface area contributed by atoms with Crippen LogP contribution in [0.25, 0.3) is 32.6 Å². The lowest BCUT2D eigenvalue weighted by atomic mass is 10.1. The van der Waals surface area contributed by atoms with Gasteiger partial charge in [-0.05, 0) is 59.2 Å². The topological polar surface area (TPSA) is 48.0 Å². The quantitative estimate of drug-likeness (QED) is 0.470. The number of fused-ring (bicyclic) bond motifs is 4. The molecule has 4 aromatic carbocycles. The summed E-state index contributed by atoms with van der Waals surface area (Å²) in [5, 5.41) is 4.27. The Hall–Kier alpha value is -3.59. The van der Waals surface area contributed by atoms with Gasteiger partial charge in [-0.2, -0.15) is 0 Å². The van der Waals surface area contributed by atoms with Crippen molar-refractivity contribution in [3.63, 3.8) is 0 Å². The van der Waals surface area contributed by atoms with Gasteiger partial charge in [-0.15, -0.1) is 0 Å². The van der Waals surface area contributed by atoms with Gasteiger partial charge in [0.2, 0.25) is 5.91 Å². The normalized spacial score (nSPS) is 11.5. The number of carbonyl (C=O) groups excluding carboxylic acids is 1. The molecule has 1 heterocycles. The Bertz CT molecular complexity index is 1380. The lowest BCUT2D eigenvalue weighted by Crippen LogP contribution is -2.11. The molecule has 5 aromatic rings. The van der Waals surface area contributed by atoms with Gasteiger partial charge >= 0.3 is 0 Å². The highest BCUT2D eigenvalue weighted by atomic mass is 16.1. The minimum Gasteiger partial charge on any atom is -0.366 e. The number of hydrogen-bond acceptors (Lipinski definition) is 1. The number of hydrogen-bond donors (Lipinski definition) is 1. The van der Waals surface area contributed by atoms with Crippen LogP contribution in [0.1, 0.15) is 21.5 Å². The van der Waals surface area contributed by atoms with Crippen LogP contribution in [-0.4, -0.2) is 10.5 Å². The Kier molecular flexibility index (Phi) is 3.69. The molecule has 0 atom stereocenters. The number of carbonyl (C=O) groups is 1. The summed E-state index contributed by atoms with van der Waals surface area (Å²) in [6.45, 7) is 2.77. The average Bonchev–Trinajstić information content (AvgIpc) is 3.01. The van der Waals surface area contributed by atoms with Crippen LogP contribution in [0.2, 0.25) is 0 Å². The van der Waals surface area contributed by atoms with E-state index < -0.39 is 5.91 Å². The van der Waals surface area contributed by atoms with E-state index in [0.29, 0.717) is 12.1 Å². The average molecular weight is 363 g/mol. The van der Waals surface area contributed by atoms with Gasteiger partial charge in [0.15, 0.2) is 0 Å². The number of aryl methyl sites for hydroxylation is 1. The summed E-state index contributed by atoms with van der Waals surface area (Å²) < 4.78 is 2.25. The molecule has 0 fully saturated rings. The van der Waals surface area contributed by atoms with Gasteiger partial charge < -0.3 is 10.3 Å². The number of rotatable bonds is 3. The maximum Gasteiger partial charge on any atom is 0.249 e. The molecule has 28 heavy (non-hydrogen) atoms. The van der Waals surface area contributed by atoms with Crippen molar-refractivity contribution < 1.29 is 4.79 Å². The molecule has 1 radical (unpaired) electrons. The standard InChI is InChI=1S/C25H19N2O/c1-16-9-12-20-23(13-16)27(22-8-4-7-21(24(20)22)25(26)28)15-17-10-11-18-5-2-3-6-19(18)14-17/h2-11,13-14H,15H2,1H3,(H2,26,28). The largest absolute Gasteiger partial charge is 0.366 e. The second-order valence-electron chi connectivity index (χ2n) is 7.27. The highest BCUT2D eigenvalue weighted by molar-refractivity contribution is 6.17. The highest BCUT2D eigenvalue weighted by Gasteiger charge is 2.16. The molecule has 0 bridgehead atoms. The number of nitrogens with two attached hydrogens (primary N) is 1. The molecule has 1 amide bonds. The van der Waals surface area contributed by atoms with E-state index in [0.717, 1.165) is 27.4 Å². The predicted molar refractivity (Wildman–Crippen MR) is 115 cm³/mol. The first-order chi connectivity index (χ1) is 13.6. The molecule has 0 saturated carbocycles. The summed E-state index contributed by atoms with van der Waals surface area (Å²) in [6.07, 6.45) is 0. The Morgan fingerprint density at radius 1 is 0.964 bits per heavy atom. The van der Waals surface area contributed by atoms with E-state index in [2.05, 4.69) is 66.1 Å². The zero-order valence-electron chi connectivity index (χ0n) is 15.6. The first-order valence-electron chi connectivity index (χ1n) is 9.32. The van der Waals surface area contributed by atoms with E-state index in [1.54, 1.807) is 6.07 Å². The number of nitrogens with zero attached hydrogens (tertiary/aromatic N) is 1. The van der Waals surface area contributed by atoms with Crippen LogP contribution in [0.15, 0.2) is 72.8 Å². The van der Waals surface area contributed by atoms with Gasteiger partial charge in [-0.25, -0.2) is 0 Å². The van der Waals surface area contributed by atoms with Crippen molar-refractivity contribution in [2.24, 2.45) is 5.73 Å². The number of aromatic nitrogens is 1. The molecule has 0 aliphatic carbocycles. The Balaban J connectivity index is 1.78. The third kappa shape index (κ3) is 2.55. The molecule has 0 aliphatic heterocycles. The zero-order chi connectivity index (χ0) is 19.3. The van der Waals surface area contributed by atoms with Crippen LogP contribution in [0, 0.1) is 13.0 Å². The molecule has 0 saturated heterocycles. The Morgan fingerprint density at radius 2 is 1.79 bits per heavy atom. The molecule has 3 heteroatoms. The van der Waals surface area contributed by atoms with Crippen LogP contribution in [0.5, 0.6) is 0 Å². The predicted octanol–water partition coefficient (Wildman–Crippen LogP) is 5.20. The van der Waals surface area contributed by atoms with E-state index in [1.165, 1.54) is 16.3 Å².